The number of benzene rings is 1. The third-order valence-corrected chi connectivity index (χ3v) is 4.24. The van der Waals surface area contributed by atoms with Crippen molar-refractivity contribution >= 4 is 0 Å². The second-order valence-electron chi connectivity index (χ2n) is 5.66. The van der Waals surface area contributed by atoms with Gasteiger partial charge in [-0.2, -0.15) is 0 Å². The van der Waals surface area contributed by atoms with Crippen LogP contribution in [0.5, 0.6) is 0 Å². The van der Waals surface area contributed by atoms with Crippen molar-refractivity contribution in [2.45, 2.75) is 51.5 Å². The maximum absolute atomic E-state index is 13.1. The Bertz CT molecular complexity index is 369. The summed E-state index contributed by atoms with van der Waals surface area (Å²) < 4.78 is 13.1. The third kappa shape index (κ3) is 3.06. The van der Waals surface area contributed by atoms with Crippen molar-refractivity contribution in [3.63, 3.8) is 0 Å². The van der Waals surface area contributed by atoms with Crippen LogP contribution in [-0.2, 0) is 6.42 Å². The van der Waals surface area contributed by atoms with E-state index < -0.39 is 0 Å². The first kappa shape index (κ1) is 12.6. The fourth-order valence-electron chi connectivity index (χ4n) is 2.89. The molecule has 1 aliphatic rings. The zero-order valence-corrected chi connectivity index (χ0v) is 10.6. The van der Waals surface area contributed by atoms with E-state index in [-0.39, 0.29) is 17.3 Å². The molecule has 0 amide bonds. The Morgan fingerprint density at radius 1 is 1.29 bits per heavy atom. The normalized spacial score (nSPS) is 21.1. The van der Waals surface area contributed by atoms with Gasteiger partial charge >= 0.3 is 0 Å². The van der Waals surface area contributed by atoms with Gasteiger partial charge in [0.05, 0.1) is 0 Å². The van der Waals surface area contributed by atoms with Gasteiger partial charge in [-0.25, -0.2) is 4.39 Å². The van der Waals surface area contributed by atoms with Crippen LogP contribution in [0.25, 0.3) is 0 Å². The molecule has 1 aromatic rings. The van der Waals surface area contributed by atoms with E-state index in [1.807, 2.05) is 6.07 Å². The van der Waals surface area contributed by atoms with E-state index in [9.17, 15) is 4.39 Å². The average Bonchev–Trinajstić information content (AvgIpc) is 2.30. The first-order valence-corrected chi connectivity index (χ1v) is 6.60. The highest BCUT2D eigenvalue weighted by molar-refractivity contribution is 5.18. The minimum Gasteiger partial charge on any atom is -0.327 e. The lowest BCUT2D eigenvalue weighted by Gasteiger charge is -2.39. The van der Waals surface area contributed by atoms with E-state index in [1.165, 1.54) is 38.2 Å². The summed E-state index contributed by atoms with van der Waals surface area (Å²) in [7, 11) is 0. The van der Waals surface area contributed by atoms with E-state index in [0.29, 0.717) is 0 Å². The van der Waals surface area contributed by atoms with Crippen LogP contribution in [-0.4, -0.2) is 6.04 Å². The molecule has 0 heterocycles. The van der Waals surface area contributed by atoms with Gasteiger partial charge in [0.25, 0.3) is 0 Å². The Hall–Kier alpha value is -0.890. The summed E-state index contributed by atoms with van der Waals surface area (Å²) in [6, 6.07) is 6.96. The van der Waals surface area contributed by atoms with Crippen molar-refractivity contribution < 1.29 is 4.39 Å². The van der Waals surface area contributed by atoms with Crippen molar-refractivity contribution in [1.29, 1.82) is 0 Å². The second kappa shape index (κ2) is 5.18. The van der Waals surface area contributed by atoms with Gasteiger partial charge in [-0.3, -0.25) is 0 Å². The summed E-state index contributed by atoms with van der Waals surface area (Å²) in [6.45, 7) is 2.29. The average molecular weight is 235 g/mol. The highest BCUT2D eigenvalue weighted by atomic mass is 19.1. The summed E-state index contributed by atoms with van der Waals surface area (Å²) in [5, 5.41) is 0. The predicted molar refractivity (Wildman–Crippen MR) is 69.3 cm³/mol. The highest BCUT2D eigenvalue weighted by Crippen LogP contribution is 2.38. The van der Waals surface area contributed by atoms with Gasteiger partial charge < -0.3 is 5.73 Å². The lowest BCUT2D eigenvalue weighted by molar-refractivity contribution is 0.168. The van der Waals surface area contributed by atoms with Crippen LogP contribution < -0.4 is 5.73 Å². The van der Waals surface area contributed by atoms with Crippen molar-refractivity contribution in [2.24, 2.45) is 11.1 Å². The van der Waals surface area contributed by atoms with Crippen LogP contribution >= 0.6 is 0 Å². The molecule has 1 fully saturated rings. The van der Waals surface area contributed by atoms with Gasteiger partial charge in [-0.05, 0) is 42.4 Å². The lowest BCUT2D eigenvalue weighted by atomic mass is 9.69. The Morgan fingerprint density at radius 2 is 2.00 bits per heavy atom. The molecule has 1 atom stereocenters. The second-order valence-corrected chi connectivity index (χ2v) is 5.66. The first-order chi connectivity index (χ1) is 8.10. The number of halogens is 1. The molecule has 1 saturated carbocycles. The van der Waals surface area contributed by atoms with Crippen LogP contribution in [0.4, 0.5) is 4.39 Å². The van der Waals surface area contributed by atoms with Crippen molar-refractivity contribution in [1.82, 2.24) is 0 Å². The minimum absolute atomic E-state index is 0.143. The van der Waals surface area contributed by atoms with Crippen LogP contribution in [0.15, 0.2) is 24.3 Å². The maximum Gasteiger partial charge on any atom is 0.123 e. The quantitative estimate of drug-likeness (QED) is 0.850. The highest BCUT2D eigenvalue weighted by Gasteiger charge is 2.32. The molecule has 17 heavy (non-hydrogen) atoms. The van der Waals surface area contributed by atoms with Crippen molar-refractivity contribution in [3.8, 4) is 0 Å². The topological polar surface area (TPSA) is 26.0 Å². The Morgan fingerprint density at radius 3 is 2.65 bits per heavy atom. The summed E-state index contributed by atoms with van der Waals surface area (Å²) in [5.41, 5.74) is 7.60. The molecule has 94 valence electrons. The fraction of sp³-hybridized carbons (Fsp3) is 0.600. The van der Waals surface area contributed by atoms with Crippen LogP contribution in [0, 0.1) is 11.2 Å². The molecule has 0 aromatic heterocycles. The number of rotatable bonds is 3. The third-order valence-electron chi connectivity index (χ3n) is 4.24. The van der Waals surface area contributed by atoms with E-state index in [4.69, 9.17) is 5.73 Å². The van der Waals surface area contributed by atoms with E-state index >= 15 is 0 Å². The van der Waals surface area contributed by atoms with Crippen molar-refractivity contribution in [3.05, 3.63) is 35.6 Å². The molecule has 1 aromatic carbocycles. The molecular formula is C15H22FN. The monoisotopic (exact) mass is 235 g/mol. The molecule has 0 radical (unpaired) electrons. The van der Waals surface area contributed by atoms with Gasteiger partial charge in [0.2, 0.25) is 0 Å². The Labute approximate surface area is 103 Å². The number of hydrogen-bond donors (Lipinski definition) is 1. The zero-order chi connectivity index (χ0) is 12.3. The molecule has 2 rings (SSSR count). The van der Waals surface area contributed by atoms with Gasteiger partial charge in [0.1, 0.15) is 5.82 Å². The zero-order valence-electron chi connectivity index (χ0n) is 10.6. The standard InChI is InChI=1S/C15H22FN/c1-15(8-3-2-4-9-15)14(17)11-12-6-5-7-13(16)10-12/h5-7,10,14H,2-4,8-9,11,17H2,1H3. The molecule has 0 spiro atoms. The van der Waals surface area contributed by atoms with Crippen LogP contribution in [0.1, 0.15) is 44.6 Å². The number of hydrogen-bond acceptors (Lipinski definition) is 1. The largest absolute Gasteiger partial charge is 0.327 e. The van der Waals surface area contributed by atoms with Crippen molar-refractivity contribution in [2.75, 3.05) is 0 Å². The molecule has 0 saturated heterocycles. The van der Waals surface area contributed by atoms with E-state index in [1.54, 1.807) is 12.1 Å². The summed E-state index contributed by atoms with van der Waals surface area (Å²) in [6.07, 6.45) is 7.12. The Kier molecular flexibility index (Phi) is 3.82. The Balaban J connectivity index is 2.02. The van der Waals surface area contributed by atoms with Gasteiger partial charge in [0, 0.05) is 6.04 Å². The molecule has 1 aliphatic carbocycles. The molecule has 2 N–H and O–H groups in total. The molecule has 1 unspecified atom stereocenters. The molecule has 0 aliphatic heterocycles. The van der Waals surface area contributed by atoms with E-state index in [2.05, 4.69) is 6.92 Å². The van der Waals surface area contributed by atoms with Crippen LogP contribution in [0.3, 0.4) is 0 Å². The van der Waals surface area contributed by atoms with Gasteiger partial charge in [0.15, 0.2) is 0 Å². The molecular weight excluding hydrogens is 213 g/mol. The predicted octanol–water partition coefficient (Wildman–Crippen LogP) is 3.67. The summed E-state index contributed by atoms with van der Waals surface area (Å²) in [4.78, 5) is 0. The molecule has 2 heteroatoms. The molecule has 1 nitrogen and oxygen atoms in total. The van der Waals surface area contributed by atoms with Gasteiger partial charge in [-0.1, -0.05) is 38.3 Å². The number of nitrogens with two attached hydrogens (primary N) is 1. The SMILES string of the molecule is CC1(C(N)Cc2cccc(F)c2)CCCCC1. The molecule has 0 bridgehead atoms. The first-order valence-electron chi connectivity index (χ1n) is 6.60. The van der Waals surface area contributed by atoms with Crippen LogP contribution in [0.2, 0.25) is 0 Å². The summed E-state index contributed by atoms with van der Waals surface area (Å²) in [5.74, 6) is -0.163. The summed E-state index contributed by atoms with van der Waals surface area (Å²) >= 11 is 0. The minimum atomic E-state index is -0.163. The fourth-order valence-corrected chi connectivity index (χ4v) is 2.89. The maximum atomic E-state index is 13.1. The van der Waals surface area contributed by atoms with Gasteiger partial charge in [-0.15, -0.1) is 0 Å². The lowest BCUT2D eigenvalue weighted by Crippen LogP contribution is -2.42. The smallest absolute Gasteiger partial charge is 0.123 e. The van der Waals surface area contributed by atoms with E-state index in [0.717, 1.165) is 12.0 Å².